The molecule has 2 amide bonds. The molecular formula is C33H35N3O6S. The lowest BCUT2D eigenvalue weighted by Gasteiger charge is -2.33. The Morgan fingerprint density at radius 3 is 1.98 bits per heavy atom. The third kappa shape index (κ3) is 7.72. The minimum atomic E-state index is -4.19. The van der Waals surface area contributed by atoms with Crippen molar-refractivity contribution in [2.24, 2.45) is 0 Å². The summed E-state index contributed by atoms with van der Waals surface area (Å²) in [4.78, 5) is 29.1. The van der Waals surface area contributed by atoms with E-state index in [4.69, 9.17) is 9.47 Å². The Hall–Kier alpha value is -4.83. The maximum atomic E-state index is 14.3. The molecule has 4 aromatic rings. The molecule has 0 aromatic heterocycles. The Bertz CT molecular complexity index is 1610. The number of nitrogens with one attached hydrogen (secondary N) is 1. The Morgan fingerprint density at radius 1 is 0.767 bits per heavy atom. The molecule has 0 saturated carbocycles. The normalized spacial score (nSPS) is 11.7. The molecule has 0 fully saturated rings. The smallest absolute Gasteiger partial charge is 0.264 e. The van der Waals surface area contributed by atoms with Crippen LogP contribution in [0.15, 0.2) is 114 Å². The van der Waals surface area contributed by atoms with Gasteiger partial charge in [0.1, 0.15) is 24.1 Å². The summed E-state index contributed by atoms with van der Waals surface area (Å²) in [6.07, 6.45) is 0.229. The number of nitrogens with zero attached hydrogens (tertiary/aromatic N) is 2. The summed E-state index contributed by atoms with van der Waals surface area (Å²) in [5.74, 6) is 0.176. The van der Waals surface area contributed by atoms with Crippen molar-refractivity contribution in [3.8, 4) is 11.5 Å². The van der Waals surface area contributed by atoms with Gasteiger partial charge in [-0.25, -0.2) is 8.42 Å². The van der Waals surface area contributed by atoms with Crippen molar-refractivity contribution >= 4 is 27.5 Å². The number of carbonyl (C=O) groups is 2. The number of rotatable bonds is 13. The van der Waals surface area contributed by atoms with E-state index in [9.17, 15) is 18.0 Å². The van der Waals surface area contributed by atoms with Gasteiger partial charge >= 0.3 is 0 Å². The molecule has 9 nitrogen and oxygen atoms in total. The molecule has 0 unspecified atom stereocenters. The zero-order valence-corrected chi connectivity index (χ0v) is 25.2. The first-order chi connectivity index (χ1) is 20.8. The van der Waals surface area contributed by atoms with E-state index in [1.54, 1.807) is 67.8 Å². The SMILES string of the molecule is CNC(=O)[C@@H](Cc1ccccc1)N(Cc1cccc(OC)c1)C(=O)CN(c1ccccc1)S(=O)(=O)c1ccc(OC)cc1. The molecule has 0 heterocycles. The fraction of sp³-hybridized carbons (Fsp3) is 0.212. The Morgan fingerprint density at radius 2 is 1.37 bits per heavy atom. The van der Waals surface area contributed by atoms with Crippen LogP contribution in [0.2, 0.25) is 0 Å². The van der Waals surface area contributed by atoms with Crippen LogP contribution in [-0.4, -0.2) is 59.0 Å². The van der Waals surface area contributed by atoms with E-state index >= 15 is 0 Å². The first kappa shape index (κ1) is 31.1. The van der Waals surface area contributed by atoms with Crippen LogP contribution in [-0.2, 0) is 32.6 Å². The van der Waals surface area contributed by atoms with Crippen LogP contribution >= 0.6 is 0 Å². The van der Waals surface area contributed by atoms with Crippen molar-refractivity contribution in [3.05, 3.63) is 120 Å². The average molecular weight is 602 g/mol. The van der Waals surface area contributed by atoms with Crippen LogP contribution in [0.5, 0.6) is 11.5 Å². The van der Waals surface area contributed by atoms with Crippen molar-refractivity contribution < 1.29 is 27.5 Å². The first-order valence-electron chi connectivity index (χ1n) is 13.7. The van der Waals surface area contributed by atoms with Crippen LogP contribution in [0, 0.1) is 0 Å². The Labute approximate surface area is 252 Å². The van der Waals surface area contributed by atoms with E-state index < -0.39 is 28.5 Å². The number of hydrogen-bond donors (Lipinski definition) is 1. The number of methoxy groups -OCH3 is 2. The molecule has 0 aliphatic heterocycles. The summed E-state index contributed by atoms with van der Waals surface area (Å²) in [5.41, 5.74) is 1.89. The quantitative estimate of drug-likeness (QED) is 0.245. The summed E-state index contributed by atoms with van der Waals surface area (Å²) in [7, 11) is 0.363. The predicted octanol–water partition coefficient (Wildman–Crippen LogP) is 4.29. The molecule has 1 N–H and O–H groups in total. The number of hydrogen-bond acceptors (Lipinski definition) is 6. The lowest BCUT2D eigenvalue weighted by molar-refractivity contribution is -0.139. The molecule has 224 valence electrons. The highest BCUT2D eigenvalue weighted by Crippen LogP contribution is 2.26. The number of benzene rings is 4. The third-order valence-electron chi connectivity index (χ3n) is 6.98. The number of para-hydroxylation sites is 1. The molecule has 10 heteroatoms. The highest BCUT2D eigenvalue weighted by molar-refractivity contribution is 7.92. The molecule has 0 aliphatic rings. The zero-order valence-electron chi connectivity index (χ0n) is 24.3. The summed E-state index contributed by atoms with van der Waals surface area (Å²) >= 11 is 0. The fourth-order valence-corrected chi connectivity index (χ4v) is 6.10. The van der Waals surface area contributed by atoms with Gasteiger partial charge in [-0.3, -0.25) is 13.9 Å². The highest BCUT2D eigenvalue weighted by Gasteiger charge is 2.34. The van der Waals surface area contributed by atoms with Gasteiger partial charge in [0.15, 0.2) is 0 Å². The molecule has 0 bridgehead atoms. The van der Waals surface area contributed by atoms with Gasteiger partial charge in [0.05, 0.1) is 24.8 Å². The highest BCUT2D eigenvalue weighted by atomic mass is 32.2. The van der Waals surface area contributed by atoms with E-state index in [1.165, 1.54) is 31.2 Å². The number of sulfonamides is 1. The van der Waals surface area contributed by atoms with Crippen molar-refractivity contribution in [3.63, 3.8) is 0 Å². The van der Waals surface area contributed by atoms with Gasteiger partial charge in [0.2, 0.25) is 11.8 Å². The van der Waals surface area contributed by atoms with E-state index in [-0.39, 0.29) is 23.8 Å². The summed E-state index contributed by atoms with van der Waals surface area (Å²) in [6.45, 7) is -0.489. The number of anilines is 1. The Balaban J connectivity index is 1.77. The molecule has 4 aromatic carbocycles. The van der Waals surface area contributed by atoms with Crippen molar-refractivity contribution in [1.82, 2.24) is 10.2 Å². The van der Waals surface area contributed by atoms with Gasteiger partial charge in [-0.15, -0.1) is 0 Å². The van der Waals surface area contributed by atoms with Crippen LogP contribution in [0.1, 0.15) is 11.1 Å². The third-order valence-corrected chi connectivity index (χ3v) is 8.76. The molecular weight excluding hydrogens is 566 g/mol. The summed E-state index contributed by atoms with van der Waals surface area (Å²) < 4.78 is 39.6. The lowest BCUT2D eigenvalue weighted by atomic mass is 10.0. The minimum absolute atomic E-state index is 0.00330. The second-order valence-electron chi connectivity index (χ2n) is 9.72. The molecule has 0 spiro atoms. The van der Waals surface area contributed by atoms with E-state index in [0.29, 0.717) is 17.2 Å². The number of amides is 2. The van der Waals surface area contributed by atoms with Gasteiger partial charge in [-0.1, -0.05) is 60.7 Å². The van der Waals surface area contributed by atoms with Gasteiger partial charge in [-0.2, -0.15) is 0 Å². The van der Waals surface area contributed by atoms with Gasteiger partial charge in [-0.05, 0) is 59.7 Å². The molecule has 1 atom stereocenters. The van der Waals surface area contributed by atoms with Gasteiger partial charge in [0, 0.05) is 20.0 Å². The van der Waals surface area contributed by atoms with Crippen molar-refractivity contribution in [2.45, 2.75) is 23.9 Å². The summed E-state index contributed by atoms with van der Waals surface area (Å²) in [6, 6.07) is 30.0. The van der Waals surface area contributed by atoms with Crippen molar-refractivity contribution in [2.75, 3.05) is 32.1 Å². The first-order valence-corrected chi connectivity index (χ1v) is 15.1. The van der Waals surface area contributed by atoms with E-state index in [1.807, 2.05) is 36.4 Å². The average Bonchev–Trinajstić information content (AvgIpc) is 3.05. The van der Waals surface area contributed by atoms with Crippen LogP contribution in [0.4, 0.5) is 5.69 Å². The standard InChI is InChI=1S/C33H35N3O6S/c1-34-33(38)31(22-25-11-6-4-7-12-25)35(23-26-13-10-16-29(21-26)42-3)32(37)24-36(27-14-8-5-9-15-27)43(39,40)30-19-17-28(41-2)18-20-30/h4-21,31H,22-24H2,1-3H3,(H,34,38)/t31-/m1/s1. The number of likely N-dealkylation sites (N-methyl/N-ethyl adjacent to an activating group) is 1. The van der Waals surface area contributed by atoms with Crippen LogP contribution < -0.4 is 19.1 Å². The molecule has 0 saturated heterocycles. The van der Waals surface area contributed by atoms with E-state index in [2.05, 4.69) is 5.32 Å². The zero-order chi connectivity index (χ0) is 30.8. The second-order valence-corrected chi connectivity index (χ2v) is 11.6. The minimum Gasteiger partial charge on any atom is -0.497 e. The van der Waals surface area contributed by atoms with Crippen LogP contribution in [0.3, 0.4) is 0 Å². The maximum absolute atomic E-state index is 14.3. The largest absolute Gasteiger partial charge is 0.497 e. The molecule has 4 rings (SSSR count). The van der Waals surface area contributed by atoms with Gasteiger partial charge in [0.25, 0.3) is 10.0 Å². The second kappa shape index (κ2) is 14.4. The monoisotopic (exact) mass is 601 g/mol. The fourth-order valence-electron chi connectivity index (χ4n) is 4.69. The van der Waals surface area contributed by atoms with Crippen LogP contribution in [0.25, 0.3) is 0 Å². The van der Waals surface area contributed by atoms with Gasteiger partial charge < -0.3 is 19.7 Å². The number of ether oxygens (including phenoxy) is 2. The molecule has 0 radical (unpaired) electrons. The molecule has 43 heavy (non-hydrogen) atoms. The summed E-state index contributed by atoms with van der Waals surface area (Å²) in [5, 5.41) is 2.68. The van der Waals surface area contributed by atoms with Crippen molar-refractivity contribution in [1.29, 1.82) is 0 Å². The van der Waals surface area contributed by atoms with E-state index in [0.717, 1.165) is 15.4 Å². The lowest BCUT2D eigenvalue weighted by Crippen LogP contribution is -2.53. The topological polar surface area (TPSA) is 105 Å². The maximum Gasteiger partial charge on any atom is 0.264 e. The number of carbonyl (C=O) groups excluding carboxylic acids is 2. The predicted molar refractivity (Wildman–Crippen MR) is 166 cm³/mol. The molecule has 0 aliphatic carbocycles. The Kier molecular flexibility index (Phi) is 10.4.